The highest BCUT2D eigenvalue weighted by atomic mass is 19.1. The van der Waals surface area contributed by atoms with E-state index in [0.717, 1.165) is 39.2 Å². The number of hydrogen-bond acceptors (Lipinski definition) is 3. The lowest BCUT2D eigenvalue weighted by Gasteiger charge is -2.04. The van der Waals surface area contributed by atoms with Crippen LogP contribution in [0.25, 0.3) is 39.2 Å². The third-order valence-electron chi connectivity index (χ3n) is 4.53. The summed E-state index contributed by atoms with van der Waals surface area (Å²) in [6, 6.07) is 14.4. The molecule has 0 radical (unpaired) electrons. The molecule has 0 aliphatic rings. The van der Waals surface area contributed by atoms with Crippen molar-refractivity contribution >= 4 is 5.52 Å². The van der Waals surface area contributed by atoms with Crippen LogP contribution in [-0.4, -0.2) is 24.6 Å². The van der Waals surface area contributed by atoms with Gasteiger partial charge >= 0.3 is 0 Å². The first-order chi connectivity index (χ1) is 13.3. The van der Waals surface area contributed by atoms with Crippen molar-refractivity contribution in [3.05, 3.63) is 85.5 Å². The number of aromatic nitrogens is 5. The van der Waals surface area contributed by atoms with Gasteiger partial charge in [0.2, 0.25) is 0 Å². The summed E-state index contributed by atoms with van der Waals surface area (Å²) >= 11 is 0. The van der Waals surface area contributed by atoms with Crippen molar-refractivity contribution in [1.29, 1.82) is 0 Å². The number of halogens is 1. The molecular weight excluding hydrogens is 341 g/mol. The lowest BCUT2D eigenvalue weighted by molar-refractivity contribution is 0.628. The zero-order valence-corrected chi connectivity index (χ0v) is 14.2. The Kier molecular flexibility index (Phi) is 3.53. The highest BCUT2D eigenvalue weighted by molar-refractivity contribution is 5.92. The molecule has 4 aromatic heterocycles. The number of aromatic amines is 1. The van der Waals surface area contributed by atoms with Crippen LogP contribution in [0.2, 0.25) is 0 Å². The monoisotopic (exact) mass is 355 g/mol. The molecule has 1 aromatic carbocycles. The molecule has 6 heteroatoms. The fourth-order valence-electron chi connectivity index (χ4n) is 3.24. The van der Waals surface area contributed by atoms with Crippen LogP contribution in [0.5, 0.6) is 0 Å². The number of fused-ring (bicyclic) bond motifs is 1. The summed E-state index contributed by atoms with van der Waals surface area (Å²) in [5, 5.41) is 4.80. The lowest BCUT2D eigenvalue weighted by atomic mass is 10.0. The Morgan fingerprint density at radius 3 is 2.33 bits per heavy atom. The predicted molar refractivity (Wildman–Crippen MR) is 101 cm³/mol. The summed E-state index contributed by atoms with van der Waals surface area (Å²) in [5.41, 5.74) is 6.51. The van der Waals surface area contributed by atoms with Crippen LogP contribution in [0.1, 0.15) is 0 Å². The van der Waals surface area contributed by atoms with Crippen molar-refractivity contribution in [2.45, 2.75) is 0 Å². The Morgan fingerprint density at radius 2 is 1.59 bits per heavy atom. The van der Waals surface area contributed by atoms with E-state index in [0.29, 0.717) is 0 Å². The smallest absolute Gasteiger partial charge is 0.123 e. The highest BCUT2D eigenvalue weighted by Crippen LogP contribution is 2.35. The fraction of sp³-hybridized carbons (Fsp3) is 0. The summed E-state index contributed by atoms with van der Waals surface area (Å²) in [4.78, 5) is 11.3. The van der Waals surface area contributed by atoms with E-state index in [1.54, 1.807) is 37.1 Å². The topological polar surface area (TPSA) is 58.9 Å². The average Bonchev–Trinajstić information content (AvgIpc) is 3.37. The van der Waals surface area contributed by atoms with Crippen LogP contribution in [0.3, 0.4) is 0 Å². The van der Waals surface area contributed by atoms with Gasteiger partial charge in [-0.25, -0.2) is 13.9 Å². The minimum Gasteiger partial charge on any atom is -0.345 e. The van der Waals surface area contributed by atoms with Gasteiger partial charge in [0.25, 0.3) is 0 Å². The number of rotatable bonds is 3. The van der Waals surface area contributed by atoms with E-state index in [1.165, 1.54) is 12.1 Å². The molecule has 0 bridgehead atoms. The molecule has 130 valence electrons. The van der Waals surface area contributed by atoms with Crippen LogP contribution in [0, 0.1) is 5.82 Å². The maximum atomic E-state index is 13.4. The second-order valence-corrected chi connectivity index (χ2v) is 6.18. The Hall–Kier alpha value is -3.80. The largest absolute Gasteiger partial charge is 0.345 e. The van der Waals surface area contributed by atoms with E-state index in [9.17, 15) is 4.39 Å². The normalized spacial score (nSPS) is 11.1. The molecule has 27 heavy (non-hydrogen) atoms. The van der Waals surface area contributed by atoms with Crippen molar-refractivity contribution in [1.82, 2.24) is 24.6 Å². The third kappa shape index (κ3) is 2.67. The van der Waals surface area contributed by atoms with Gasteiger partial charge in [0.15, 0.2) is 0 Å². The SMILES string of the molecule is Fc1ccc(-c2nn3cc(-c4cnc[nH]4)ccc3c2-c2ccncc2)cc1. The zero-order valence-electron chi connectivity index (χ0n) is 14.2. The van der Waals surface area contributed by atoms with Crippen molar-refractivity contribution < 1.29 is 4.39 Å². The lowest BCUT2D eigenvalue weighted by Crippen LogP contribution is -1.89. The molecular formula is C21H14FN5. The number of H-pyrrole nitrogens is 1. The first kappa shape index (κ1) is 15.5. The summed E-state index contributed by atoms with van der Waals surface area (Å²) in [7, 11) is 0. The average molecular weight is 355 g/mol. The fourth-order valence-corrected chi connectivity index (χ4v) is 3.24. The summed E-state index contributed by atoms with van der Waals surface area (Å²) in [6.07, 6.45) is 8.89. The molecule has 0 saturated carbocycles. The van der Waals surface area contributed by atoms with Gasteiger partial charge in [-0.2, -0.15) is 5.10 Å². The third-order valence-corrected chi connectivity index (χ3v) is 4.53. The molecule has 5 nitrogen and oxygen atoms in total. The number of benzene rings is 1. The number of imidazole rings is 1. The molecule has 5 rings (SSSR count). The number of nitrogens with zero attached hydrogens (tertiary/aromatic N) is 4. The summed E-state index contributed by atoms with van der Waals surface area (Å²) in [6.45, 7) is 0. The van der Waals surface area contributed by atoms with E-state index in [2.05, 4.69) is 15.0 Å². The quantitative estimate of drug-likeness (QED) is 0.515. The van der Waals surface area contributed by atoms with Gasteiger partial charge in [0.1, 0.15) is 11.5 Å². The van der Waals surface area contributed by atoms with Gasteiger partial charge in [0.05, 0.1) is 23.7 Å². The molecule has 1 N–H and O–H groups in total. The van der Waals surface area contributed by atoms with E-state index < -0.39 is 0 Å². The van der Waals surface area contributed by atoms with E-state index in [1.807, 2.05) is 35.0 Å². The zero-order chi connectivity index (χ0) is 18.2. The molecule has 0 fully saturated rings. The first-order valence-electron chi connectivity index (χ1n) is 8.47. The van der Waals surface area contributed by atoms with Gasteiger partial charge in [0, 0.05) is 35.3 Å². The molecule has 4 heterocycles. The maximum absolute atomic E-state index is 13.4. The van der Waals surface area contributed by atoms with Crippen LogP contribution >= 0.6 is 0 Å². The van der Waals surface area contributed by atoms with E-state index in [-0.39, 0.29) is 5.82 Å². The standard InChI is InChI=1S/C21H14FN5/c22-17-4-1-15(2-5-17)21-20(14-7-9-23-10-8-14)19-6-3-16(12-27(19)26-21)18-11-24-13-25-18/h1-13H,(H,24,25). The summed E-state index contributed by atoms with van der Waals surface area (Å²) in [5.74, 6) is -0.269. The van der Waals surface area contributed by atoms with Gasteiger partial charge in [-0.3, -0.25) is 4.98 Å². The van der Waals surface area contributed by atoms with Crippen LogP contribution in [0.15, 0.2) is 79.6 Å². The van der Waals surface area contributed by atoms with Crippen LogP contribution in [0.4, 0.5) is 4.39 Å². The molecule has 0 aliphatic carbocycles. The Morgan fingerprint density at radius 1 is 0.815 bits per heavy atom. The van der Waals surface area contributed by atoms with Gasteiger partial charge in [-0.05, 0) is 54.1 Å². The molecule has 0 unspecified atom stereocenters. The molecule has 0 aliphatic heterocycles. The first-order valence-corrected chi connectivity index (χ1v) is 8.47. The van der Waals surface area contributed by atoms with Gasteiger partial charge in [-0.15, -0.1) is 0 Å². The minimum atomic E-state index is -0.269. The van der Waals surface area contributed by atoms with E-state index in [4.69, 9.17) is 5.10 Å². The van der Waals surface area contributed by atoms with Crippen LogP contribution in [-0.2, 0) is 0 Å². The maximum Gasteiger partial charge on any atom is 0.123 e. The molecule has 0 atom stereocenters. The Bertz CT molecular complexity index is 1210. The second kappa shape index (κ2) is 6.17. The predicted octanol–water partition coefficient (Wildman–Crippen LogP) is 4.59. The van der Waals surface area contributed by atoms with Crippen molar-refractivity contribution in [2.75, 3.05) is 0 Å². The van der Waals surface area contributed by atoms with Crippen LogP contribution < -0.4 is 0 Å². The van der Waals surface area contributed by atoms with Crippen molar-refractivity contribution in [3.63, 3.8) is 0 Å². The minimum absolute atomic E-state index is 0.269. The second-order valence-electron chi connectivity index (χ2n) is 6.18. The molecule has 0 spiro atoms. The number of hydrogen-bond donors (Lipinski definition) is 1. The summed E-state index contributed by atoms with van der Waals surface area (Å²) < 4.78 is 15.2. The van der Waals surface area contributed by atoms with Gasteiger partial charge in [-0.1, -0.05) is 0 Å². The van der Waals surface area contributed by atoms with Crippen molar-refractivity contribution in [2.24, 2.45) is 0 Å². The molecule has 0 saturated heterocycles. The number of pyridine rings is 2. The van der Waals surface area contributed by atoms with Gasteiger partial charge < -0.3 is 4.98 Å². The number of nitrogens with one attached hydrogen (secondary N) is 1. The Labute approximate surface area is 154 Å². The van der Waals surface area contributed by atoms with Crippen molar-refractivity contribution in [3.8, 4) is 33.6 Å². The van der Waals surface area contributed by atoms with E-state index >= 15 is 0 Å². The molecule has 5 aromatic rings. The highest BCUT2D eigenvalue weighted by Gasteiger charge is 2.17. The molecule has 0 amide bonds. The Balaban J connectivity index is 1.78.